The fraction of sp³-hybridized carbons (Fsp3) is 0. The third-order valence-corrected chi connectivity index (χ3v) is 3.89. The molecule has 6 heteroatoms. The van der Waals surface area contributed by atoms with E-state index in [0.717, 1.165) is 5.69 Å². The number of hydrogen-bond acceptors (Lipinski definition) is 3. The third-order valence-electron chi connectivity index (χ3n) is 3.89. The molecule has 0 spiro atoms. The Kier molecular flexibility index (Phi) is 4.07. The third kappa shape index (κ3) is 3.12. The highest BCUT2D eigenvalue weighted by Crippen LogP contribution is 2.24. The first kappa shape index (κ1) is 15.8. The molecule has 4 rings (SSSR count). The van der Waals surface area contributed by atoms with E-state index in [1.165, 1.54) is 12.1 Å². The molecular formula is C20H14FN3O2. The van der Waals surface area contributed by atoms with Crippen molar-refractivity contribution in [3.05, 3.63) is 91.0 Å². The van der Waals surface area contributed by atoms with Crippen LogP contribution in [0.25, 0.3) is 17.0 Å². The number of halogens is 1. The summed E-state index contributed by atoms with van der Waals surface area (Å²) in [7, 11) is 0. The smallest absolute Gasteiger partial charge is 0.291 e. The Hall–Kier alpha value is -3.67. The number of aromatic nitrogens is 2. The van der Waals surface area contributed by atoms with Crippen LogP contribution in [0.5, 0.6) is 0 Å². The van der Waals surface area contributed by atoms with Gasteiger partial charge in [0.05, 0.1) is 17.7 Å². The van der Waals surface area contributed by atoms with Gasteiger partial charge in [-0.25, -0.2) is 9.37 Å². The molecule has 5 nitrogen and oxygen atoms in total. The molecule has 0 unspecified atom stereocenters. The van der Waals surface area contributed by atoms with Gasteiger partial charge >= 0.3 is 0 Å². The fourth-order valence-corrected chi connectivity index (χ4v) is 2.62. The number of nitrogens with one attached hydrogen (secondary N) is 1. The van der Waals surface area contributed by atoms with E-state index in [0.29, 0.717) is 17.0 Å². The lowest BCUT2D eigenvalue weighted by atomic mass is 10.2. The Balaban J connectivity index is 1.58. The summed E-state index contributed by atoms with van der Waals surface area (Å²) in [6.07, 6.45) is 5.12. The molecule has 0 aliphatic heterocycles. The molecule has 1 N–H and O–H groups in total. The van der Waals surface area contributed by atoms with E-state index in [1.54, 1.807) is 49.1 Å². The molecule has 0 aliphatic rings. The average Bonchev–Trinajstić information content (AvgIpc) is 3.35. The van der Waals surface area contributed by atoms with Gasteiger partial charge in [0, 0.05) is 18.0 Å². The quantitative estimate of drug-likeness (QED) is 0.590. The number of hydrogen-bond donors (Lipinski definition) is 1. The van der Waals surface area contributed by atoms with E-state index in [-0.39, 0.29) is 17.5 Å². The average molecular weight is 347 g/mol. The highest BCUT2D eigenvalue weighted by molar-refractivity contribution is 6.03. The van der Waals surface area contributed by atoms with Crippen LogP contribution in [-0.4, -0.2) is 15.5 Å². The lowest BCUT2D eigenvalue weighted by molar-refractivity contribution is 0.0997. The predicted molar refractivity (Wildman–Crippen MR) is 95.6 cm³/mol. The molecule has 2 aromatic carbocycles. The maximum atomic E-state index is 13.0. The van der Waals surface area contributed by atoms with Gasteiger partial charge in [0.25, 0.3) is 5.91 Å². The molecule has 128 valence electrons. The van der Waals surface area contributed by atoms with E-state index < -0.39 is 0 Å². The van der Waals surface area contributed by atoms with Crippen LogP contribution >= 0.6 is 0 Å². The Morgan fingerprint density at radius 3 is 2.62 bits per heavy atom. The van der Waals surface area contributed by atoms with E-state index in [9.17, 15) is 9.18 Å². The van der Waals surface area contributed by atoms with Gasteiger partial charge < -0.3 is 14.3 Å². The summed E-state index contributed by atoms with van der Waals surface area (Å²) in [5.41, 5.74) is 2.13. The topological polar surface area (TPSA) is 60.1 Å². The van der Waals surface area contributed by atoms with Crippen LogP contribution in [0.3, 0.4) is 0 Å². The monoisotopic (exact) mass is 347 g/mol. The SMILES string of the molecule is O=C(Nc1ccccc1-n1ccnc1)c1ccc(-c2ccc(F)cc2)o1. The van der Waals surface area contributed by atoms with Gasteiger partial charge in [-0.15, -0.1) is 0 Å². The van der Waals surface area contributed by atoms with Crippen molar-refractivity contribution in [3.8, 4) is 17.0 Å². The zero-order chi connectivity index (χ0) is 17.9. The first-order valence-corrected chi connectivity index (χ1v) is 7.95. The molecule has 0 radical (unpaired) electrons. The van der Waals surface area contributed by atoms with Crippen molar-refractivity contribution in [2.45, 2.75) is 0 Å². The van der Waals surface area contributed by atoms with Crippen LogP contribution in [0.4, 0.5) is 10.1 Å². The van der Waals surface area contributed by atoms with Crippen molar-refractivity contribution in [2.24, 2.45) is 0 Å². The number of imidazole rings is 1. The predicted octanol–water partition coefficient (Wildman–Crippen LogP) is 4.52. The van der Waals surface area contributed by atoms with Crippen molar-refractivity contribution in [2.75, 3.05) is 5.32 Å². The first-order valence-electron chi connectivity index (χ1n) is 7.95. The highest BCUT2D eigenvalue weighted by atomic mass is 19.1. The summed E-state index contributed by atoms with van der Waals surface area (Å²) < 4.78 is 20.5. The Labute approximate surface area is 148 Å². The van der Waals surface area contributed by atoms with Crippen LogP contribution < -0.4 is 5.32 Å². The molecule has 0 saturated carbocycles. The van der Waals surface area contributed by atoms with E-state index in [1.807, 2.05) is 22.8 Å². The molecule has 1 amide bonds. The van der Waals surface area contributed by atoms with E-state index in [2.05, 4.69) is 10.3 Å². The Morgan fingerprint density at radius 1 is 1.04 bits per heavy atom. The van der Waals surface area contributed by atoms with Crippen LogP contribution in [0.1, 0.15) is 10.6 Å². The first-order chi connectivity index (χ1) is 12.7. The van der Waals surface area contributed by atoms with Crippen LogP contribution in [-0.2, 0) is 0 Å². The maximum absolute atomic E-state index is 13.0. The molecule has 0 fully saturated rings. The van der Waals surface area contributed by atoms with Gasteiger partial charge in [-0.2, -0.15) is 0 Å². The molecule has 4 aromatic rings. The van der Waals surface area contributed by atoms with Crippen LogP contribution in [0.15, 0.2) is 83.8 Å². The lowest BCUT2D eigenvalue weighted by Gasteiger charge is -2.10. The zero-order valence-corrected chi connectivity index (χ0v) is 13.6. The molecule has 2 aromatic heterocycles. The van der Waals surface area contributed by atoms with Gasteiger partial charge in [-0.05, 0) is 48.5 Å². The minimum absolute atomic E-state index is 0.171. The zero-order valence-electron chi connectivity index (χ0n) is 13.6. The number of nitrogens with zero attached hydrogens (tertiary/aromatic N) is 2. The van der Waals surface area contributed by atoms with Gasteiger partial charge in [-0.1, -0.05) is 12.1 Å². The largest absolute Gasteiger partial charge is 0.451 e. The maximum Gasteiger partial charge on any atom is 0.291 e. The lowest BCUT2D eigenvalue weighted by Crippen LogP contribution is -2.12. The standard InChI is InChI=1S/C20H14FN3O2/c21-15-7-5-14(6-8-15)18-9-10-19(26-18)20(25)23-16-3-1-2-4-17(16)24-12-11-22-13-24/h1-13H,(H,23,25). The van der Waals surface area contributed by atoms with Gasteiger partial charge in [0.15, 0.2) is 5.76 Å². The van der Waals surface area contributed by atoms with Gasteiger partial charge in [-0.3, -0.25) is 4.79 Å². The number of anilines is 1. The molecule has 2 heterocycles. The Bertz CT molecular complexity index is 1040. The summed E-state index contributed by atoms with van der Waals surface area (Å²) in [5.74, 6) is -0.0249. The molecular weight excluding hydrogens is 333 g/mol. The molecule has 0 bridgehead atoms. The summed E-state index contributed by atoms with van der Waals surface area (Å²) in [6.45, 7) is 0. The number of rotatable bonds is 4. The summed E-state index contributed by atoms with van der Waals surface area (Å²) in [5, 5.41) is 2.85. The van der Waals surface area contributed by atoms with Crippen molar-refractivity contribution < 1.29 is 13.6 Å². The van der Waals surface area contributed by atoms with Gasteiger partial charge in [0.2, 0.25) is 0 Å². The van der Waals surface area contributed by atoms with Crippen molar-refractivity contribution in [1.29, 1.82) is 0 Å². The Morgan fingerprint density at radius 2 is 1.85 bits per heavy atom. The fourth-order valence-electron chi connectivity index (χ4n) is 2.62. The number of carbonyl (C=O) groups is 1. The van der Waals surface area contributed by atoms with Crippen LogP contribution in [0.2, 0.25) is 0 Å². The molecule has 0 saturated heterocycles. The number of para-hydroxylation sites is 2. The summed E-state index contributed by atoms with van der Waals surface area (Å²) in [4.78, 5) is 16.6. The minimum Gasteiger partial charge on any atom is -0.451 e. The molecule has 0 aliphatic carbocycles. The summed E-state index contributed by atoms with van der Waals surface area (Å²) in [6, 6.07) is 16.6. The minimum atomic E-state index is -0.370. The van der Waals surface area contributed by atoms with Gasteiger partial charge in [0.1, 0.15) is 11.6 Å². The summed E-state index contributed by atoms with van der Waals surface area (Å²) >= 11 is 0. The second-order valence-corrected chi connectivity index (χ2v) is 5.61. The van der Waals surface area contributed by atoms with E-state index >= 15 is 0 Å². The number of furan rings is 1. The van der Waals surface area contributed by atoms with Crippen molar-refractivity contribution in [1.82, 2.24) is 9.55 Å². The van der Waals surface area contributed by atoms with Crippen molar-refractivity contribution in [3.63, 3.8) is 0 Å². The molecule has 0 atom stereocenters. The number of amides is 1. The van der Waals surface area contributed by atoms with E-state index in [4.69, 9.17) is 4.42 Å². The number of benzene rings is 2. The highest BCUT2D eigenvalue weighted by Gasteiger charge is 2.14. The second kappa shape index (κ2) is 6.68. The second-order valence-electron chi connectivity index (χ2n) is 5.61. The normalized spacial score (nSPS) is 10.7. The van der Waals surface area contributed by atoms with Crippen molar-refractivity contribution >= 4 is 11.6 Å². The molecule has 26 heavy (non-hydrogen) atoms. The number of carbonyl (C=O) groups excluding carboxylic acids is 1. The van der Waals surface area contributed by atoms with Crippen LogP contribution in [0, 0.1) is 5.82 Å².